The molecule has 0 radical (unpaired) electrons. The highest BCUT2D eigenvalue weighted by Crippen LogP contribution is 2.28. The standard InChI is InChI=1S/C16H20N4O3/c1-19(2)15(21)13-8-5-9-20(13)16-17-14(18-23-16)11-6-4-7-12(10-11)22-3/h4,6-7,10,13H,5,8-9H2,1-3H3/t13-/m1/s1. The number of hydrogen-bond donors (Lipinski definition) is 0. The number of hydrogen-bond acceptors (Lipinski definition) is 6. The highest BCUT2D eigenvalue weighted by atomic mass is 16.5. The Morgan fingerprint density at radius 3 is 3.00 bits per heavy atom. The lowest BCUT2D eigenvalue weighted by Crippen LogP contribution is -2.42. The molecular weight excluding hydrogens is 296 g/mol. The fourth-order valence-corrected chi connectivity index (χ4v) is 2.76. The number of benzene rings is 1. The Morgan fingerprint density at radius 1 is 1.43 bits per heavy atom. The second-order valence-corrected chi connectivity index (χ2v) is 5.72. The molecule has 1 amide bonds. The zero-order chi connectivity index (χ0) is 16.4. The number of rotatable bonds is 4. The zero-order valence-electron chi connectivity index (χ0n) is 13.5. The molecule has 1 saturated heterocycles. The van der Waals surface area contributed by atoms with Crippen LogP contribution in [0.25, 0.3) is 11.4 Å². The van der Waals surface area contributed by atoms with Gasteiger partial charge in [0, 0.05) is 26.2 Å². The maximum Gasteiger partial charge on any atom is 0.325 e. The van der Waals surface area contributed by atoms with Crippen LogP contribution in [-0.4, -0.2) is 54.7 Å². The van der Waals surface area contributed by atoms with Gasteiger partial charge in [-0.3, -0.25) is 4.79 Å². The Morgan fingerprint density at radius 2 is 2.26 bits per heavy atom. The monoisotopic (exact) mass is 316 g/mol. The van der Waals surface area contributed by atoms with Crippen molar-refractivity contribution in [3.05, 3.63) is 24.3 Å². The summed E-state index contributed by atoms with van der Waals surface area (Å²) in [6.45, 7) is 0.740. The number of likely N-dealkylation sites (N-methyl/N-ethyl adjacent to an activating group) is 1. The first kappa shape index (κ1) is 15.3. The van der Waals surface area contributed by atoms with Crippen LogP contribution in [-0.2, 0) is 4.79 Å². The van der Waals surface area contributed by atoms with E-state index in [2.05, 4.69) is 10.1 Å². The number of ether oxygens (including phenoxy) is 1. The fourth-order valence-electron chi connectivity index (χ4n) is 2.76. The first-order valence-electron chi connectivity index (χ1n) is 7.56. The van der Waals surface area contributed by atoms with E-state index < -0.39 is 0 Å². The van der Waals surface area contributed by atoms with E-state index in [9.17, 15) is 4.79 Å². The molecule has 0 bridgehead atoms. The van der Waals surface area contributed by atoms with E-state index in [4.69, 9.17) is 9.26 Å². The summed E-state index contributed by atoms with van der Waals surface area (Å²) in [5, 5.41) is 4.04. The van der Waals surface area contributed by atoms with Crippen LogP contribution in [0.15, 0.2) is 28.8 Å². The van der Waals surface area contributed by atoms with Gasteiger partial charge in [-0.05, 0) is 25.0 Å². The van der Waals surface area contributed by atoms with Crippen molar-refractivity contribution in [2.75, 3.05) is 32.6 Å². The van der Waals surface area contributed by atoms with Crippen LogP contribution in [0, 0.1) is 0 Å². The van der Waals surface area contributed by atoms with Gasteiger partial charge in [-0.1, -0.05) is 17.3 Å². The average molecular weight is 316 g/mol. The molecule has 1 aromatic heterocycles. The van der Waals surface area contributed by atoms with Gasteiger partial charge < -0.3 is 19.1 Å². The van der Waals surface area contributed by atoms with E-state index in [1.54, 1.807) is 26.1 Å². The van der Waals surface area contributed by atoms with Crippen LogP contribution in [0.3, 0.4) is 0 Å². The quantitative estimate of drug-likeness (QED) is 0.856. The van der Waals surface area contributed by atoms with E-state index >= 15 is 0 Å². The number of carbonyl (C=O) groups is 1. The lowest BCUT2D eigenvalue weighted by Gasteiger charge is -2.24. The van der Waals surface area contributed by atoms with Crippen molar-refractivity contribution in [2.45, 2.75) is 18.9 Å². The van der Waals surface area contributed by atoms with Gasteiger partial charge in [0.1, 0.15) is 11.8 Å². The van der Waals surface area contributed by atoms with Crippen LogP contribution < -0.4 is 9.64 Å². The number of amides is 1. The van der Waals surface area contributed by atoms with Gasteiger partial charge in [0.05, 0.1) is 7.11 Å². The third-order valence-electron chi connectivity index (χ3n) is 3.97. The smallest absolute Gasteiger partial charge is 0.325 e. The van der Waals surface area contributed by atoms with Gasteiger partial charge in [0.15, 0.2) is 0 Å². The van der Waals surface area contributed by atoms with Crippen molar-refractivity contribution in [3.63, 3.8) is 0 Å². The Hall–Kier alpha value is -2.57. The molecule has 3 rings (SSSR count). The summed E-state index contributed by atoms with van der Waals surface area (Å²) in [6.07, 6.45) is 1.73. The first-order chi connectivity index (χ1) is 11.1. The highest BCUT2D eigenvalue weighted by molar-refractivity contribution is 5.84. The molecule has 1 aliphatic rings. The molecule has 23 heavy (non-hydrogen) atoms. The van der Waals surface area contributed by atoms with E-state index in [-0.39, 0.29) is 11.9 Å². The number of anilines is 1. The van der Waals surface area contributed by atoms with E-state index in [1.807, 2.05) is 29.2 Å². The highest BCUT2D eigenvalue weighted by Gasteiger charge is 2.35. The summed E-state index contributed by atoms with van der Waals surface area (Å²) in [5.74, 6) is 1.28. The van der Waals surface area contributed by atoms with E-state index in [1.165, 1.54) is 0 Å². The van der Waals surface area contributed by atoms with Crippen LogP contribution in [0.2, 0.25) is 0 Å². The van der Waals surface area contributed by atoms with Crippen LogP contribution in [0.5, 0.6) is 5.75 Å². The molecule has 0 unspecified atom stereocenters. The minimum absolute atomic E-state index is 0.0589. The third-order valence-corrected chi connectivity index (χ3v) is 3.97. The van der Waals surface area contributed by atoms with E-state index in [0.29, 0.717) is 11.8 Å². The molecule has 0 spiro atoms. The number of carbonyl (C=O) groups excluding carboxylic acids is 1. The van der Waals surface area contributed by atoms with Gasteiger partial charge >= 0.3 is 6.01 Å². The molecule has 1 aromatic carbocycles. The van der Waals surface area contributed by atoms with Gasteiger partial charge in [-0.15, -0.1) is 0 Å². The van der Waals surface area contributed by atoms with Crippen LogP contribution >= 0.6 is 0 Å². The number of nitrogens with zero attached hydrogens (tertiary/aromatic N) is 4. The lowest BCUT2D eigenvalue weighted by molar-refractivity contribution is -0.129. The molecule has 7 heteroatoms. The summed E-state index contributed by atoms with van der Waals surface area (Å²) >= 11 is 0. The topological polar surface area (TPSA) is 71.7 Å². The van der Waals surface area contributed by atoms with Crippen LogP contribution in [0.1, 0.15) is 12.8 Å². The Balaban J connectivity index is 1.85. The van der Waals surface area contributed by atoms with Crippen molar-refractivity contribution in [3.8, 4) is 17.1 Å². The SMILES string of the molecule is COc1cccc(-c2noc(N3CCC[C@@H]3C(=O)N(C)C)n2)c1. The van der Waals surface area contributed by atoms with Gasteiger partial charge in [-0.2, -0.15) is 4.98 Å². The van der Waals surface area contributed by atoms with Crippen molar-refractivity contribution in [1.29, 1.82) is 0 Å². The van der Waals surface area contributed by atoms with Gasteiger partial charge in [0.25, 0.3) is 0 Å². The van der Waals surface area contributed by atoms with Crippen molar-refractivity contribution in [2.24, 2.45) is 0 Å². The van der Waals surface area contributed by atoms with Crippen LogP contribution in [0.4, 0.5) is 6.01 Å². The number of methoxy groups -OCH3 is 1. The summed E-state index contributed by atoms with van der Waals surface area (Å²) in [4.78, 5) is 20.2. The molecule has 0 saturated carbocycles. The van der Waals surface area contributed by atoms with Gasteiger partial charge in [0.2, 0.25) is 11.7 Å². The molecule has 0 N–H and O–H groups in total. The molecular formula is C16H20N4O3. The Bertz CT molecular complexity index is 698. The zero-order valence-corrected chi connectivity index (χ0v) is 13.5. The molecule has 0 aliphatic carbocycles. The molecule has 7 nitrogen and oxygen atoms in total. The molecule has 2 heterocycles. The minimum atomic E-state index is -0.233. The molecule has 1 aliphatic heterocycles. The van der Waals surface area contributed by atoms with Crippen molar-refractivity contribution >= 4 is 11.9 Å². The predicted octanol–water partition coefficient (Wildman–Crippen LogP) is 1.80. The lowest BCUT2D eigenvalue weighted by atomic mass is 10.2. The largest absolute Gasteiger partial charge is 0.497 e. The summed E-state index contributed by atoms with van der Waals surface area (Å²) < 4.78 is 10.6. The third kappa shape index (κ3) is 2.99. The minimum Gasteiger partial charge on any atom is -0.497 e. The first-order valence-corrected chi connectivity index (χ1v) is 7.56. The summed E-state index contributed by atoms with van der Waals surface area (Å²) in [5.41, 5.74) is 0.814. The second-order valence-electron chi connectivity index (χ2n) is 5.72. The maximum absolute atomic E-state index is 12.3. The molecule has 1 atom stereocenters. The molecule has 122 valence electrons. The van der Waals surface area contributed by atoms with Crippen molar-refractivity contribution < 1.29 is 14.1 Å². The Labute approximate surface area is 134 Å². The predicted molar refractivity (Wildman–Crippen MR) is 85.3 cm³/mol. The van der Waals surface area contributed by atoms with Gasteiger partial charge in [-0.25, -0.2) is 0 Å². The molecule has 2 aromatic rings. The molecule has 1 fully saturated rings. The number of aromatic nitrogens is 2. The summed E-state index contributed by atoms with van der Waals surface area (Å²) in [7, 11) is 5.13. The average Bonchev–Trinajstić information content (AvgIpc) is 3.22. The van der Waals surface area contributed by atoms with E-state index in [0.717, 1.165) is 30.7 Å². The van der Waals surface area contributed by atoms with Crippen molar-refractivity contribution in [1.82, 2.24) is 15.0 Å². The summed E-state index contributed by atoms with van der Waals surface area (Å²) in [6, 6.07) is 7.63. The maximum atomic E-state index is 12.3. The fraction of sp³-hybridized carbons (Fsp3) is 0.438. The normalized spacial score (nSPS) is 17.3. The Kier molecular flexibility index (Phi) is 4.18. The second kappa shape index (κ2) is 6.28.